The Hall–Kier alpha value is -3.72. The third-order valence-electron chi connectivity index (χ3n) is 7.42. The number of ketones is 1. The van der Waals surface area contributed by atoms with Crippen LogP contribution in [0.4, 0.5) is 18.9 Å². The molecule has 3 aliphatic rings. The topological polar surface area (TPSA) is 77.5 Å². The molecule has 1 saturated heterocycles. The molecule has 37 heavy (non-hydrogen) atoms. The van der Waals surface area contributed by atoms with Gasteiger partial charge in [0.15, 0.2) is 5.78 Å². The summed E-state index contributed by atoms with van der Waals surface area (Å²) in [5.41, 5.74) is 1.91. The highest BCUT2D eigenvalue weighted by Crippen LogP contribution is 2.58. The van der Waals surface area contributed by atoms with Crippen LogP contribution in [0, 0.1) is 12.3 Å². The summed E-state index contributed by atoms with van der Waals surface area (Å²) < 4.78 is 50.7. The molecule has 6 nitrogen and oxygen atoms in total. The van der Waals surface area contributed by atoms with Gasteiger partial charge in [-0.1, -0.05) is 12.1 Å². The number of Topliss-reactive ketones (excluding diaryl/α,β-unsaturated/α-hetero) is 1. The Morgan fingerprint density at radius 2 is 1.81 bits per heavy atom. The molecule has 9 heteroatoms. The number of halogens is 3. The number of nitrogens with one attached hydrogen (secondary N) is 1. The van der Waals surface area contributed by atoms with Gasteiger partial charge in [-0.15, -0.1) is 0 Å². The van der Waals surface area contributed by atoms with Crippen molar-refractivity contribution in [3.05, 3.63) is 77.1 Å². The number of alkyl halides is 3. The molecule has 190 valence electrons. The second-order valence-electron chi connectivity index (χ2n) is 10.4. The van der Waals surface area contributed by atoms with E-state index < -0.39 is 23.4 Å². The van der Waals surface area contributed by atoms with Crippen molar-refractivity contribution in [1.82, 2.24) is 4.98 Å². The van der Waals surface area contributed by atoms with Crippen molar-refractivity contribution in [2.75, 3.05) is 18.5 Å². The van der Waals surface area contributed by atoms with E-state index >= 15 is 0 Å². The lowest BCUT2D eigenvalue weighted by Crippen LogP contribution is -2.65. The lowest BCUT2D eigenvalue weighted by atomic mass is 9.55. The first-order chi connectivity index (χ1) is 17.5. The molecule has 0 bridgehead atoms. The van der Waals surface area contributed by atoms with Gasteiger partial charge in [-0.2, -0.15) is 13.2 Å². The van der Waals surface area contributed by atoms with Gasteiger partial charge in [0.1, 0.15) is 17.0 Å². The molecular formula is C28H23F3N2O4. The summed E-state index contributed by atoms with van der Waals surface area (Å²) in [6.45, 7) is 3.35. The molecule has 3 heterocycles. The highest BCUT2D eigenvalue weighted by molar-refractivity contribution is 6.05. The summed E-state index contributed by atoms with van der Waals surface area (Å²) in [4.78, 5) is 28.9. The number of fused-ring (bicyclic) bond motifs is 1. The van der Waals surface area contributed by atoms with Crippen molar-refractivity contribution in [2.45, 2.75) is 38.0 Å². The summed E-state index contributed by atoms with van der Waals surface area (Å²) in [5, 5.41) is 2.67. The van der Waals surface area contributed by atoms with Crippen molar-refractivity contribution in [1.29, 1.82) is 0 Å². The molecule has 1 saturated carbocycles. The van der Waals surface area contributed by atoms with Gasteiger partial charge in [0.2, 0.25) is 0 Å². The molecule has 0 radical (unpaired) electrons. The fraction of sp³-hybridized carbons (Fsp3) is 0.321. The van der Waals surface area contributed by atoms with Gasteiger partial charge in [-0.3, -0.25) is 14.6 Å². The van der Waals surface area contributed by atoms with E-state index in [2.05, 4.69) is 10.3 Å². The second-order valence-corrected chi connectivity index (χ2v) is 10.4. The van der Waals surface area contributed by atoms with Gasteiger partial charge < -0.3 is 14.8 Å². The Kier molecular flexibility index (Phi) is 5.21. The fourth-order valence-corrected chi connectivity index (χ4v) is 5.71. The minimum atomic E-state index is -4.65. The molecule has 0 unspecified atom stereocenters. The maximum atomic E-state index is 13.0. The van der Waals surface area contributed by atoms with Crippen molar-refractivity contribution < 1.29 is 32.2 Å². The summed E-state index contributed by atoms with van der Waals surface area (Å²) in [5.74, 6) is -0.0618. The standard InChI is InChI=1S/C28H23F3N2O4/c1-16-2-4-19(33-25(35)18-6-7-32-24(9-18)28(29,30)31)10-21(16)17-3-5-20-22(34)11-27(37-23(20)8-17)12-26(13-27)14-36-15-26/h2-10H,11-15H2,1H3,(H,33,35). The third-order valence-corrected chi connectivity index (χ3v) is 7.42. The van der Waals surface area contributed by atoms with E-state index in [0.717, 1.165) is 41.8 Å². The van der Waals surface area contributed by atoms with E-state index in [9.17, 15) is 22.8 Å². The summed E-state index contributed by atoms with van der Waals surface area (Å²) in [7, 11) is 0. The monoisotopic (exact) mass is 508 g/mol. The number of hydrogen-bond donors (Lipinski definition) is 1. The molecular weight excluding hydrogens is 485 g/mol. The van der Waals surface area contributed by atoms with Crippen LogP contribution in [0.15, 0.2) is 54.7 Å². The predicted octanol–water partition coefficient (Wildman–Crippen LogP) is 5.84. The van der Waals surface area contributed by atoms with Crippen molar-refractivity contribution in [3.8, 4) is 16.9 Å². The molecule has 1 amide bonds. The number of nitrogens with zero attached hydrogens (tertiary/aromatic N) is 1. The van der Waals surface area contributed by atoms with Crippen LogP contribution in [0.25, 0.3) is 11.1 Å². The summed E-state index contributed by atoms with van der Waals surface area (Å²) in [6, 6.07) is 12.7. The average molecular weight is 508 g/mol. The molecule has 2 aliphatic heterocycles. The molecule has 6 rings (SSSR count). The summed E-state index contributed by atoms with van der Waals surface area (Å²) in [6.07, 6.45) is -1.70. The lowest BCUT2D eigenvalue weighted by molar-refractivity contribution is -0.230. The van der Waals surface area contributed by atoms with Crippen LogP contribution >= 0.6 is 0 Å². The Balaban J connectivity index is 1.25. The molecule has 3 aromatic rings. The van der Waals surface area contributed by atoms with E-state index in [1.54, 1.807) is 18.2 Å². The quantitative estimate of drug-likeness (QED) is 0.481. The number of aromatic nitrogens is 1. The van der Waals surface area contributed by atoms with Gasteiger partial charge in [0, 0.05) is 22.9 Å². The number of carbonyl (C=O) groups excluding carboxylic acids is 2. The first-order valence-corrected chi connectivity index (χ1v) is 11.9. The fourth-order valence-electron chi connectivity index (χ4n) is 5.71. The maximum Gasteiger partial charge on any atom is 0.433 e. The molecule has 2 aromatic carbocycles. The molecule has 1 aromatic heterocycles. The van der Waals surface area contributed by atoms with Crippen molar-refractivity contribution in [2.24, 2.45) is 5.41 Å². The second kappa shape index (κ2) is 8.14. The Morgan fingerprint density at radius 1 is 1.03 bits per heavy atom. The predicted molar refractivity (Wildman–Crippen MR) is 129 cm³/mol. The number of hydrogen-bond acceptors (Lipinski definition) is 5. The largest absolute Gasteiger partial charge is 0.486 e. The van der Waals surface area contributed by atoms with Gasteiger partial charge >= 0.3 is 6.18 Å². The van der Waals surface area contributed by atoms with Crippen LogP contribution in [0.2, 0.25) is 0 Å². The average Bonchev–Trinajstić information content (AvgIpc) is 2.81. The Bertz CT molecular complexity index is 1440. The smallest absolute Gasteiger partial charge is 0.433 e. The first-order valence-electron chi connectivity index (χ1n) is 11.9. The van der Waals surface area contributed by atoms with Crippen LogP contribution in [0.5, 0.6) is 5.75 Å². The highest BCUT2D eigenvalue weighted by atomic mass is 19.4. The van der Waals surface area contributed by atoms with E-state index in [1.807, 2.05) is 25.1 Å². The first kappa shape index (κ1) is 23.7. The number of benzene rings is 2. The van der Waals surface area contributed by atoms with E-state index in [0.29, 0.717) is 36.6 Å². The molecule has 1 aliphatic carbocycles. The molecule has 2 fully saturated rings. The van der Waals surface area contributed by atoms with Crippen molar-refractivity contribution in [3.63, 3.8) is 0 Å². The van der Waals surface area contributed by atoms with E-state index in [-0.39, 0.29) is 16.8 Å². The molecule has 0 atom stereocenters. The van der Waals surface area contributed by atoms with Crippen molar-refractivity contribution >= 4 is 17.4 Å². The van der Waals surface area contributed by atoms with Crippen LogP contribution in [-0.2, 0) is 10.9 Å². The van der Waals surface area contributed by atoms with Gasteiger partial charge in [-0.05, 0) is 72.9 Å². The van der Waals surface area contributed by atoms with Crippen LogP contribution in [0.1, 0.15) is 51.2 Å². The number of aryl methyl sites for hydroxylation is 1. The van der Waals surface area contributed by atoms with Gasteiger partial charge in [0.05, 0.1) is 25.2 Å². The summed E-state index contributed by atoms with van der Waals surface area (Å²) >= 11 is 0. The Labute approximate surface area is 210 Å². The maximum absolute atomic E-state index is 13.0. The van der Waals surface area contributed by atoms with Crippen LogP contribution in [-0.4, -0.2) is 35.5 Å². The van der Waals surface area contributed by atoms with Gasteiger partial charge in [-0.25, -0.2) is 0 Å². The van der Waals surface area contributed by atoms with Crippen LogP contribution in [0.3, 0.4) is 0 Å². The number of rotatable bonds is 3. The normalized spacial score (nSPS) is 19.0. The van der Waals surface area contributed by atoms with Gasteiger partial charge in [0.25, 0.3) is 5.91 Å². The number of amides is 1. The molecule has 2 spiro atoms. The zero-order chi connectivity index (χ0) is 26.0. The Morgan fingerprint density at radius 3 is 2.51 bits per heavy atom. The minimum absolute atomic E-state index is 0.0659. The molecule has 1 N–H and O–H groups in total. The minimum Gasteiger partial charge on any atom is -0.486 e. The number of anilines is 1. The number of ether oxygens (including phenoxy) is 2. The van der Waals surface area contributed by atoms with E-state index in [1.165, 1.54) is 6.07 Å². The van der Waals surface area contributed by atoms with Crippen LogP contribution < -0.4 is 10.1 Å². The number of pyridine rings is 1. The highest BCUT2D eigenvalue weighted by Gasteiger charge is 2.62. The van der Waals surface area contributed by atoms with E-state index in [4.69, 9.17) is 9.47 Å². The number of carbonyl (C=O) groups is 2. The SMILES string of the molecule is Cc1ccc(NC(=O)c2ccnc(C(F)(F)F)c2)cc1-c1ccc2c(c1)OC1(CC2=O)CC2(COC2)C1. The lowest BCUT2D eigenvalue weighted by Gasteiger charge is -2.60. The third kappa shape index (κ3) is 4.17. The zero-order valence-electron chi connectivity index (χ0n) is 19.9. The zero-order valence-corrected chi connectivity index (χ0v) is 19.9.